The minimum atomic E-state index is -0.478. The molecule has 2 aromatic heterocycles. The van der Waals surface area contributed by atoms with Gasteiger partial charge in [-0.15, -0.1) is 0 Å². The van der Waals surface area contributed by atoms with Crippen molar-refractivity contribution in [2.75, 3.05) is 14.2 Å². The third-order valence-corrected chi connectivity index (χ3v) is 4.91. The number of carbonyl (C=O) groups is 1. The van der Waals surface area contributed by atoms with Crippen LogP contribution in [-0.4, -0.2) is 29.9 Å². The molecule has 2 heterocycles. The van der Waals surface area contributed by atoms with Gasteiger partial charge in [0.2, 0.25) is 5.91 Å². The summed E-state index contributed by atoms with van der Waals surface area (Å²) in [7, 11) is 3.15. The molecule has 0 unspecified atom stereocenters. The molecule has 0 aliphatic rings. The fourth-order valence-electron chi connectivity index (χ4n) is 3.42. The van der Waals surface area contributed by atoms with Crippen molar-refractivity contribution in [3.8, 4) is 11.5 Å². The van der Waals surface area contributed by atoms with Crippen LogP contribution in [0.2, 0.25) is 0 Å². The van der Waals surface area contributed by atoms with E-state index in [1.165, 1.54) is 10.9 Å². The number of fused-ring (bicyclic) bond motifs is 3. The molecule has 4 aromatic rings. The lowest BCUT2D eigenvalue weighted by molar-refractivity contribution is -0.121. The number of nitrogens with one attached hydrogen (secondary N) is 1. The Morgan fingerprint density at radius 1 is 1.13 bits per heavy atom. The number of hydrogen-bond donors (Lipinski definition) is 1. The molecule has 0 radical (unpaired) electrons. The topological polar surface area (TPSA) is 95.6 Å². The molecule has 2 aromatic carbocycles. The van der Waals surface area contributed by atoms with Crippen LogP contribution in [0, 0.1) is 6.92 Å². The molecule has 0 saturated carbocycles. The maximum Gasteiger partial charge on any atom is 0.347 e. The van der Waals surface area contributed by atoms with Gasteiger partial charge in [-0.3, -0.25) is 9.48 Å². The molecule has 30 heavy (non-hydrogen) atoms. The molecule has 0 spiro atoms. The van der Waals surface area contributed by atoms with Gasteiger partial charge in [0.25, 0.3) is 0 Å². The number of amides is 1. The Bertz CT molecular complexity index is 1310. The second kappa shape index (κ2) is 7.90. The van der Waals surface area contributed by atoms with Gasteiger partial charge in [-0.1, -0.05) is 11.6 Å². The van der Waals surface area contributed by atoms with E-state index in [1.807, 2.05) is 25.1 Å². The van der Waals surface area contributed by atoms with E-state index < -0.39 is 5.63 Å². The predicted octanol–water partition coefficient (Wildman–Crippen LogP) is 2.78. The summed E-state index contributed by atoms with van der Waals surface area (Å²) in [6, 6.07) is 10.9. The number of methoxy groups -OCH3 is 2. The molecule has 8 nitrogen and oxygen atoms in total. The minimum Gasteiger partial charge on any atom is -0.497 e. The summed E-state index contributed by atoms with van der Waals surface area (Å²) < 4.78 is 17.5. The first-order valence-electron chi connectivity index (χ1n) is 9.36. The molecule has 0 aliphatic heterocycles. The second-order valence-electron chi connectivity index (χ2n) is 6.91. The molecular formula is C22H21N3O5. The highest BCUT2D eigenvalue weighted by Crippen LogP contribution is 2.25. The molecule has 1 N–H and O–H groups in total. The molecule has 4 rings (SSSR count). The van der Waals surface area contributed by atoms with Gasteiger partial charge in [-0.05, 0) is 37.3 Å². The Balaban J connectivity index is 1.61. The van der Waals surface area contributed by atoms with Crippen molar-refractivity contribution < 1.29 is 18.7 Å². The van der Waals surface area contributed by atoms with Gasteiger partial charge < -0.3 is 19.2 Å². The van der Waals surface area contributed by atoms with Crippen LogP contribution in [0.5, 0.6) is 11.5 Å². The van der Waals surface area contributed by atoms with Crippen LogP contribution in [0.1, 0.15) is 11.1 Å². The van der Waals surface area contributed by atoms with Crippen molar-refractivity contribution in [3.63, 3.8) is 0 Å². The lowest BCUT2D eigenvalue weighted by Gasteiger charge is -2.12. The summed E-state index contributed by atoms with van der Waals surface area (Å²) in [6.45, 7) is 2.17. The van der Waals surface area contributed by atoms with Gasteiger partial charge in [0.15, 0.2) is 0 Å². The first kappa shape index (κ1) is 19.5. The maximum absolute atomic E-state index is 12.6. The highest BCUT2D eigenvalue weighted by Gasteiger charge is 2.16. The Morgan fingerprint density at radius 3 is 2.73 bits per heavy atom. The second-order valence-corrected chi connectivity index (χ2v) is 6.91. The average Bonchev–Trinajstić information content (AvgIpc) is 3.17. The fraction of sp³-hybridized carbons (Fsp3) is 0.227. The van der Waals surface area contributed by atoms with Crippen molar-refractivity contribution in [2.24, 2.45) is 0 Å². The van der Waals surface area contributed by atoms with Crippen LogP contribution in [0.15, 0.2) is 51.8 Å². The van der Waals surface area contributed by atoms with Gasteiger partial charge >= 0.3 is 5.63 Å². The van der Waals surface area contributed by atoms with Crippen LogP contribution in [0.3, 0.4) is 0 Å². The standard InChI is InChI=1S/C22H21N3O5/c1-13-4-6-19-16(8-13)21-17(22(27)30-19)11-24-25(21)12-20(26)23-10-14-9-15(28-2)5-7-18(14)29-3/h4-9,11H,10,12H2,1-3H3,(H,23,26). The first-order valence-corrected chi connectivity index (χ1v) is 9.36. The molecule has 154 valence electrons. The third-order valence-electron chi connectivity index (χ3n) is 4.91. The number of benzene rings is 2. The third kappa shape index (κ3) is 3.59. The van der Waals surface area contributed by atoms with Crippen molar-refractivity contribution in [1.82, 2.24) is 15.1 Å². The van der Waals surface area contributed by atoms with E-state index in [1.54, 1.807) is 32.4 Å². The van der Waals surface area contributed by atoms with Gasteiger partial charge in [0, 0.05) is 17.5 Å². The molecule has 8 heteroatoms. The number of carbonyl (C=O) groups excluding carboxylic acids is 1. The molecule has 0 fully saturated rings. The van der Waals surface area contributed by atoms with Gasteiger partial charge in [0.05, 0.1) is 25.9 Å². The zero-order valence-electron chi connectivity index (χ0n) is 16.9. The number of rotatable bonds is 6. The van der Waals surface area contributed by atoms with Gasteiger partial charge in [0.1, 0.15) is 29.0 Å². The zero-order chi connectivity index (χ0) is 21.3. The lowest BCUT2D eigenvalue weighted by Crippen LogP contribution is -2.27. The van der Waals surface area contributed by atoms with Crippen LogP contribution in [0.25, 0.3) is 21.9 Å². The first-order chi connectivity index (χ1) is 14.5. The highest BCUT2D eigenvalue weighted by molar-refractivity contribution is 6.02. The predicted molar refractivity (Wildman–Crippen MR) is 112 cm³/mol. The normalized spacial score (nSPS) is 11.0. The number of aromatic nitrogens is 2. The van der Waals surface area contributed by atoms with Crippen molar-refractivity contribution in [3.05, 3.63) is 64.1 Å². The summed E-state index contributed by atoms with van der Waals surface area (Å²) in [5.41, 5.74) is 2.37. The van der Waals surface area contributed by atoms with E-state index in [-0.39, 0.29) is 19.0 Å². The van der Waals surface area contributed by atoms with Gasteiger partial charge in [-0.2, -0.15) is 5.10 Å². The summed E-state index contributed by atoms with van der Waals surface area (Å²) in [5, 5.41) is 8.19. The highest BCUT2D eigenvalue weighted by atomic mass is 16.5. The van der Waals surface area contributed by atoms with Crippen LogP contribution in [-0.2, 0) is 17.9 Å². The summed E-state index contributed by atoms with van der Waals surface area (Å²) in [4.78, 5) is 24.9. The molecule has 0 aliphatic carbocycles. The summed E-state index contributed by atoms with van der Waals surface area (Å²) in [5.74, 6) is 1.07. The number of ether oxygens (including phenoxy) is 2. The Labute approximate surface area is 172 Å². The maximum atomic E-state index is 12.6. The van der Waals surface area contributed by atoms with E-state index in [2.05, 4.69) is 10.4 Å². The van der Waals surface area contributed by atoms with Crippen LogP contribution in [0.4, 0.5) is 0 Å². The van der Waals surface area contributed by atoms with E-state index >= 15 is 0 Å². The largest absolute Gasteiger partial charge is 0.497 e. The molecule has 0 bridgehead atoms. The Hall–Kier alpha value is -3.81. The summed E-state index contributed by atoms with van der Waals surface area (Å²) >= 11 is 0. The van der Waals surface area contributed by atoms with Crippen LogP contribution < -0.4 is 20.4 Å². The molecular weight excluding hydrogens is 386 g/mol. The smallest absolute Gasteiger partial charge is 0.347 e. The van der Waals surface area contributed by atoms with Crippen LogP contribution >= 0.6 is 0 Å². The monoisotopic (exact) mass is 407 g/mol. The van der Waals surface area contributed by atoms with E-state index in [9.17, 15) is 9.59 Å². The quantitative estimate of drug-likeness (QED) is 0.494. The summed E-state index contributed by atoms with van der Waals surface area (Å²) in [6.07, 6.45) is 1.43. The van der Waals surface area contributed by atoms with E-state index in [0.29, 0.717) is 28.0 Å². The zero-order valence-corrected chi connectivity index (χ0v) is 16.9. The minimum absolute atomic E-state index is 0.0394. The SMILES string of the molecule is COc1ccc(OC)c(CNC(=O)Cn2ncc3c(=O)oc4ccc(C)cc4c32)c1. The molecule has 1 amide bonds. The van der Waals surface area contributed by atoms with Crippen molar-refractivity contribution in [2.45, 2.75) is 20.0 Å². The fourth-order valence-corrected chi connectivity index (χ4v) is 3.42. The molecule has 0 atom stereocenters. The van der Waals surface area contributed by atoms with E-state index in [0.717, 1.165) is 16.5 Å². The number of aryl methyl sites for hydroxylation is 1. The van der Waals surface area contributed by atoms with Gasteiger partial charge in [-0.25, -0.2) is 4.79 Å². The molecule has 0 saturated heterocycles. The number of nitrogens with zero attached hydrogens (tertiary/aromatic N) is 2. The van der Waals surface area contributed by atoms with Crippen molar-refractivity contribution in [1.29, 1.82) is 0 Å². The Kier molecular flexibility index (Phi) is 5.14. The Morgan fingerprint density at radius 2 is 1.97 bits per heavy atom. The number of hydrogen-bond acceptors (Lipinski definition) is 6. The average molecular weight is 407 g/mol. The van der Waals surface area contributed by atoms with Crippen molar-refractivity contribution >= 4 is 27.8 Å². The van der Waals surface area contributed by atoms with E-state index in [4.69, 9.17) is 13.9 Å². The lowest BCUT2D eigenvalue weighted by atomic mass is 10.1.